The first-order valence-corrected chi connectivity index (χ1v) is 7.86. The minimum atomic E-state index is -1.35. The highest BCUT2D eigenvalue weighted by Crippen LogP contribution is 2.44. The van der Waals surface area contributed by atoms with Gasteiger partial charge < -0.3 is 15.7 Å². The molecule has 10 heteroatoms. The number of hydrogen-bond acceptors (Lipinski definition) is 5. The van der Waals surface area contributed by atoms with Crippen molar-refractivity contribution in [2.75, 3.05) is 6.54 Å². The highest BCUT2D eigenvalue weighted by molar-refractivity contribution is 5.88. The average Bonchev–Trinajstić information content (AvgIpc) is 3.16. The highest BCUT2D eigenvalue weighted by atomic mass is 16.7. The van der Waals surface area contributed by atoms with Crippen LogP contribution < -0.4 is 5.73 Å². The van der Waals surface area contributed by atoms with Gasteiger partial charge in [-0.2, -0.15) is 14.8 Å². The molecule has 3 amide bonds. The maximum atomic E-state index is 12.7. The zero-order valence-electron chi connectivity index (χ0n) is 13.5. The lowest BCUT2D eigenvalue weighted by atomic mass is 9.98. The second kappa shape index (κ2) is 5.85. The lowest BCUT2D eigenvalue weighted by Gasteiger charge is -2.27. The van der Waals surface area contributed by atoms with E-state index in [0.717, 1.165) is 20.2 Å². The van der Waals surface area contributed by atoms with E-state index in [9.17, 15) is 19.5 Å². The molecule has 2 aliphatic heterocycles. The minimum absolute atomic E-state index is 0.0837. The lowest BCUT2D eigenvalue weighted by Crippen LogP contribution is -2.40. The van der Waals surface area contributed by atoms with E-state index in [1.165, 1.54) is 6.20 Å². The topological polar surface area (TPSA) is 131 Å². The molecule has 3 N–H and O–H groups in total. The van der Waals surface area contributed by atoms with E-state index < -0.39 is 30.1 Å². The second-order valence-corrected chi connectivity index (χ2v) is 6.01. The fraction of sp³-hybridized carbons (Fsp3) is 0.250. The van der Waals surface area contributed by atoms with Gasteiger partial charge in [0, 0.05) is 5.56 Å². The van der Waals surface area contributed by atoms with E-state index >= 15 is 0 Å². The molecular formula is C16H15N5O5. The van der Waals surface area contributed by atoms with E-state index in [-0.39, 0.29) is 18.8 Å². The summed E-state index contributed by atoms with van der Waals surface area (Å²) < 4.78 is 0.821. The number of hydrogen-bond donors (Lipinski definition) is 2. The number of primary amides is 1. The Morgan fingerprint density at radius 3 is 2.69 bits per heavy atom. The van der Waals surface area contributed by atoms with E-state index in [1.807, 2.05) is 30.3 Å². The number of nitrogens with two attached hydrogens (primary N) is 1. The largest absolute Gasteiger partial charge is 0.479 e. The predicted molar refractivity (Wildman–Crippen MR) is 85.5 cm³/mol. The number of hydroxylamine groups is 2. The van der Waals surface area contributed by atoms with Crippen LogP contribution in [0, 0.1) is 0 Å². The minimum Gasteiger partial charge on any atom is -0.479 e. The number of amides is 3. The number of rotatable bonds is 4. The second-order valence-electron chi connectivity index (χ2n) is 6.01. The quantitative estimate of drug-likeness (QED) is 0.834. The van der Waals surface area contributed by atoms with Crippen LogP contribution in [-0.2, 0) is 16.2 Å². The first kappa shape index (κ1) is 16.1. The maximum Gasteiger partial charge on any atom is 0.345 e. The molecule has 0 radical (unpaired) electrons. The molecule has 134 valence electrons. The molecule has 2 atom stereocenters. The summed E-state index contributed by atoms with van der Waals surface area (Å²) in [6.45, 7) is 0.274. The zero-order valence-corrected chi connectivity index (χ0v) is 13.5. The van der Waals surface area contributed by atoms with Gasteiger partial charge >= 0.3 is 18.0 Å². The number of benzene rings is 1. The fourth-order valence-electron chi connectivity index (χ4n) is 3.38. The molecule has 3 heterocycles. The number of carbonyl (C=O) groups excluding carboxylic acids is 2. The number of fused-ring (bicyclic) bond motifs is 4. The summed E-state index contributed by atoms with van der Waals surface area (Å²) in [6, 6.07) is 5.86. The van der Waals surface area contributed by atoms with Crippen molar-refractivity contribution in [2.24, 2.45) is 5.73 Å². The SMILES string of the molecule is NC(=O)n1ncc2c1C(C(=O)O)N1C[C@H]2N(OCc2ccccc2)C1=O. The Bertz CT molecular complexity index is 896. The molecule has 0 spiro atoms. The van der Waals surface area contributed by atoms with Crippen LogP contribution in [0.15, 0.2) is 36.5 Å². The van der Waals surface area contributed by atoms with E-state index in [1.54, 1.807) is 0 Å². The maximum absolute atomic E-state index is 12.7. The smallest absolute Gasteiger partial charge is 0.345 e. The van der Waals surface area contributed by atoms with Crippen molar-refractivity contribution < 1.29 is 24.3 Å². The predicted octanol–water partition coefficient (Wildman–Crippen LogP) is 0.860. The third-order valence-electron chi connectivity index (χ3n) is 4.51. The van der Waals surface area contributed by atoms with Crippen molar-refractivity contribution in [3.63, 3.8) is 0 Å². The number of carboxylic acids is 1. The molecule has 1 unspecified atom stereocenters. The van der Waals surface area contributed by atoms with Gasteiger partial charge in [0.1, 0.15) is 12.6 Å². The van der Waals surface area contributed by atoms with Crippen molar-refractivity contribution in [3.05, 3.63) is 53.3 Å². The Balaban J connectivity index is 1.69. The molecule has 1 saturated heterocycles. The molecule has 2 aliphatic rings. The molecule has 2 bridgehead atoms. The van der Waals surface area contributed by atoms with Crippen molar-refractivity contribution >= 4 is 18.0 Å². The Morgan fingerprint density at radius 1 is 1.31 bits per heavy atom. The molecule has 2 aromatic rings. The number of nitrogens with zero attached hydrogens (tertiary/aromatic N) is 4. The Hall–Kier alpha value is -3.40. The van der Waals surface area contributed by atoms with Gasteiger partial charge in [-0.1, -0.05) is 30.3 Å². The monoisotopic (exact) mass is 357 g/mol. The number of urea groups is 1. The van der Waals surface area contributed by atoms with E-state index in [2.05, 4.69) is 5.10 Å². The first-order valence-electron chi connectivity index (χ1n) is 7.86. The van der Waals surface area contributed by atoms with Crippen LogP contribution in [0.3, 0.4) is 0 Å². The van der Waals surface area contributed by atoms with Crippen molar-refractivity contribution in [2.45, 2.75) is 18.7 Å². The summed E-state index contributed by atoms with van der Waals surface area (Å²) >= 11 is 0. The van der Waals surface area contributed by atoms with Crippen LogP contribution in [0.1, 0.15) is 28.9 Å². The molecule has 1 aromatic heterocycles. The summed E-state index contributed by atoms with van der Waals surface area (Å²) in [7, 11) is 0. The lowest BCUT2D eigenvalue weighted by molar-refractivity contribution is -0.143. The summed E-state index contributed by atoms with van der Waals surface area (Å²) in [4.78, 5) is 42.8. The van der Waals surface area contributed by atoms with Crippen molar-refractivity contribution in [1.82, 2.24) is 19.7 Å². The van der Waals surface area contributed by atoms with Gasteiger partial charge in [0.2, 0.25) is 0 Å². The van der Waals surface area contributed by atoms with Gasteiger partial charge in [-0.15, -0.1) is 0 Å². The van der Waals surface area contributed by atoms with Crippen LogP contribution in [0.2, 0.25) is 0 Å². The third kappa shape index (κ3) is 2.30. The van der Waals surface area contributed by atoms with Crippen LogP contribution in [-0.4, -0.2) is 49.4 Å². The zero-order chi connectivity index (χ0) is 18.4. The summed E-state index contributed by atoms with van der Waals surface area (Å²) in [6.07, 6.45) is 1.36. The molecule has 4 rings (SSSR count). The standard InChI is InChI=1S/C16H15N5O5/c17-15(24)20-12-10(6-18-20)11-7-19(13(12)14(22)23)16(25)21(11)26-8-9-4-2-1-3-5-9/h1-6,11,13H,7-8H2,(H2,17,24)(H,22,23)/t11-,13?/m1/s1. The van der Waals surface area contributed by atoms with Gasteiger partial charge in [-0.3, -0.25) is 4.84 Å². The number of aromatic nitrogens is 2. The van der Waals surface area contributed by atoms with Gasteiger partial charge in [0.15, 0.2) is 6.04 Å². The Labute approximate surface area is 147 Å². The molecular weight excluding hydrogens is 342 g/mol. The molecule has 1 aromatic carbocycles. The molecule has 1 fully saturated rings. The Morgan fingerprint density at radius 2 is 2.04 bits per heavy atom. The number of carboxylic acid groups (broad SMARTS) is 1. The van der Waals surface area contributed by atoms with Crippen molar-refractivity contribution in [3.8, 4) is 0 Å². The average molecular weight is 357 g/mol. The van der Waals surface area contributed by atoms with Gasteiger partial charge in [0.25, 0.3) is 0 Å². The first-order chi connectivity index (χ1) is 12.5. The van der Waals surface area contributed by atoms with E-state index in [4.69, 9.17) is 10.6 Å². The van der Waals surface area contributed by atoms with Gasteiger partial charge in [-0.05, 0) is 5.56 Å². The summed E-state index contributed by atoms with van der Waals surface area (Å²) in [5, 5.41) is 14.6. The van der Waals surface area contributed by atoms with Crippen LogP contribution in [0.25, 0.3) is 0 Å². The number of carbonyl (C=O) groups is 3. The van der Waals surface area contributed by atoms with Crippen LogP contribution in [0.5, 0.6) is 0 Å². The fourth-order valence-corrected chi connectivity index (χ4v) is 3.38. The van der Waals surface area contributed by atoms with Crippen molar-refractivity contribution in [1.29, 1.82) is 0 Å². The normalized spacial score (nSPS) is 21.0. The molecule has 26 heavy (non-hydrogen) atoms. The Kier molecular flexibility index (Phi) is 3.62. The number of aliphatic carboxylic acids is 1. The van der Waals surface area contributed by atoms with Crippen LogP contribution in [0.4, 0.5) is 9.59 Å². The molecule has 0 aliphatic carbocycles. The van der Waals surface area contributed by atoms with Gasteiger partial charge in [0.05, 0.1) is 18.4 Å². The summed E-state index contributed by atoms with van der Waals surface area (Å²) in [5.41, 5.74) is 6.66. The highest BCUT2D eigenvalue weighted by Gasteiger charge is 2.53. The van der Waals surface area contributed by atoms with Gasteiger partial charge in [-0.25, -0.2) is 14.4 Å². The molecule has 10 nitrogen and oxygen atoms in total. The van der Waals surface area contributed by atoms with Crippen LogP contribution >= 0.6 is 0 Å². The van der Waals surface area contributed by atoms with E-state index in [0.29, 0.717) is 5.56 Å². The summed E-state index contributed by atoms with van der Waals surface area (Å²) in [5.74, 6) is -1.27. The molecule has 0 saturated carbocycles. The third-order valence-corrected chi connectivity index (χ3v) is 4.51.